The van der Waals surface area contributed by atoms with Crippen molar-refractivity contribution >= 4 is 28.6 Å². The third-order valence-corrected chi connectivity index (χ3v) is 4.46. The molecule has 5 heteroatoms. The van der Waals surface area contributed by atoms with Gasteiger partial charge in [0, 0.05) is 11.6 Å². The molecule has 0 fully saturated rings. The van der Waals surface area contributed by atoms with Crippen LogP contribution in [0.4, 0.5) is 10.3 Å². The second-order valence-electron chi connectivity index (χ2n) is 4.85. The molecule has 3 nitrogen and oxygen atoms in total. The SMILES string of the molecule is CCC(CC)(CC)n1c(N)nc2cc(F)c(Cl)cc21. The van der Waals surface area contributed by atoms with Gasteiger partial charge in [0.25, 0.3) is 0 Å². The van der Waals surface area contributed by atoms with E-state index in [1.165, 1.54) is 6.07 Å². The standard InChI is InChI=1S/C14H19ClFN3/c1-4-14(5-2,6-3)19-12-7-9(15)10(16)8-11(12)18-13(19)17/h7-8H,4-6H2,1-3H3,(H2,17,18). The summed E-state index contributed by atoms with van der Waals surface area (Å²) in [5.74, 6) is -0.0453. The van der Waals surface area contributed by atoms with Crippen LogP contribution in [-0.2, 0) is 5.54 Å². The van der Waals surface area contributed by atoms with Crippen LogP contribution in [0.15, 0.2) is 12.1 Å². The predicted molar refractivity (Wildman–Crippen MR) is 78.0 cm³/mol. The first-order chi connectivity index (χ1) is 8.99. The van der Waals surface area contributed by atoms with E-state index in [0.717, 1.165) is 24.8 Å². The van der Waals surface area contributed by atoms with Crippen LogP contribution in [0, 0.1) is 5.82 Å². The molecule has 1 heterocycles. The van der Waals surface area contributed by atoms with Gasteiger partial charge in [-0.3, -0.25) is 0 Å². The number of nitrogen functional groups attached to an aromatic ring is 1. The predicted octanol–water partition coefficient (Wildman–Crippen LogP) is 4.34. The lowest BCUT2D eigenvalue weighted by atomic mass is 9.89. The van der Waals surface area contributed by atoms with Gasteiger partial charge >= 0.3 is 0 Å². The molecule has 19 heavy (non-hydrogen) atoms. The van der Waals surface area contributed by atoms with Crippen LogP contribution in [0.5, 0.6) is 0 Å². The van der Waals surface area contributed by atoms with Gasteiger partial charge in [-0.15, -0.1) is 0 Å². The van der Waals surface area contributed by atoms with Gasteiger partial charge < -0.3 is 10.3 Å². The van der Waals surface area contributed by atoms with Crippen molar-refractivity contribution in [1.29, 1.82) is 0 Å². The Kier molecular flexibility index (Phi) is 3.72. The Morgan fingerprint density at radius 2 is 1.84 bits per heavy atom. The molecule has 1 aromatic heterocycles. The van der Waals surface area contributed by atoms with Crippen molar-refractivity contribution in [3.05, 3.63) is 23.0 Å². The topological polar surface area (TPSA) is 43.8 Å². The lowest BCUT2D eigenvalue weighted by Gasteiger charge is -2.33. The Labute approximate surface area is 117 Å². The summed E-state index contributed by atoms with van der Waals surface area (Å²) in [7, 11) is 0. The molecule has 0 unspecified atom stereocenters. The van der Waals surface area contributed by atoms with Crippen molar-refractivity contribution in [2.75, 3.05) is 5.73 Å². The zero-order valence-electron chi connectivity index (χ0n) is 11.5. The molecule has 0 amide bonds. The van der Waals surface area contributed by atoms with E-state index in [-0.39, 0.29) is 10.6 Å². The maximum absolute atomic E-state index is 13.5. The molecule has 0 aliphatic heterocycles. The number of fused-ring (bicyclic) bond motifs is 1. The Morgan fingerprint density at radius 3 is 2.37 bits per heavy atom. The van der Waals surface area contributed by atoms with E-state index in [1.807, 2.05) is 4.57 Å². The highest BCUT2D eigenvalue weighted by Gasteiger charge is 2.30. The fourth-order valence-electron chi connectivity index (χ4n) is 2.81. The van der Waals surface area contributed by atoms with Crippen LogP contribution in [0.2, 0.25) is 5.02 Å². The van der Waals surface area contributed by atoms with Gasteiger partial charge in [-0.1, -0.05) is 32.4 Å². The first-order valence-corrected chi connectivity index (χ1v) is 7.00. The molecule has 2 N–H and O–H groups in total. The van der Waals surface area contributed by atoms with Crippen LogP contribution in [0.25, 0.3) is 11.0 Å². The monoisotopic (exact) mass is 283 g/mol. The Balaban J connectivity index is 2.79. The first-order valence-electron chi connectivity index (χ1n) is 6.62. The average Bonchev–Trinajstić information content (AvgIpc) is 2.70. The van der Waals surface area contributed by atoms with Crippen molar-refractivity contribution in [2.45, 2.75) is 45.6 Å². The van der Waals surface area contributed by atoms with E-state index >= 15 is 0 Å². The van der Waals surface area contributed by atoms with Gasteiger partial charge in [-0.05, 0) is 25.3 Å². The summed E-state index contributed by atoms with van der Waals surface area (Å²) in [6, 6.07) is 2.96. The number of benzene rings is 1. The normalized spacial score (nSPS) is 12.3. The molecule has 1 aromatic carbocycles. The molecule has 0 aliphatic rings. The number of halogens is 2. The van der Waals surface area contributed by atoms with E-state index in [0.29, 0.717) is 11.5 Å². The molecule has 0 radical (unpaired) electrons. The first kappa shape index (κ1) is 14.1. The molecular formula is C14H19ClFN3. The smallest absolute Gasteiger partial charge is 0.201 e. The van der Waals surface area contributed by atoms with Gasteiger partial charge in [0.05, 0.1) is 16.1 Å². The summed E-state index contributed by atoms with van der Waals surface area (Å²) in [5.41, 5.74) is 7.31. The van der Waals surface area contributed by atoms with Crippen molar-refractivity contribution in [1.82, 2.24) is 9.55 Å². The highest BCUT2D eigenvalue weighted by Crippen LogP contribution is 2.36. The van der Waals surface area contributed by atoms with Crippen molar-refractivity contribution in [2.24, 2.45) is 0 Å². The molecule has 0 saturated heterocycles. The molecule has 0 spiro atoms. The van der Waals surface area contributed by atoms with E-state index in [9.17, 15) is 4.39 Å². The molecule has 104 valence electrons. The number of rotatable bonds is 4. The number of anilines is 1. The third kappa shape index (κ3) is 2.08. The maximum atomic E-state index is 13.5. The quantitative estimate of drug-likeness (QED) is 0.907. The summed E-state index contributed by atoms with van der Waals surface area (Å²) in [4.78, 5) is 4.27. The molecule has 2 rings (SSSR count). The van der Waals surface area contributed by atoms with Crippen LogP contribution >= 0.6 is 11.6 Å². The highest BCUT2D eigenvalue weighted by molar-refractivity contribution is 6.31. The zero-order valence-corrected chi connectivity index (χ0v) is 12.3. The lowest BCUT2D eigenvalue weighted by molar-refractivity contribution is 0.262. The van der Waals surface area contributed by atoms with Crippen LogP contribution in [-0.4, -0.2) is 9.55 Å². The molecule has 0 saturated carbocycles. The minimum absolute atomic E-state index is 0.0972. The summed E-state index contributed by atoms with van der Waals surface area (Å²) < 4.78 is 15.5. The van der Waals surface area contributed by atoms with Gasteiger partial charge in [-0.25, -0.2) is 9.37 Å². The molecular weight excluding hydrogens is 265 g/mol. The minimum atomic E-state index is -0.464. The number of nitrogens with two attached hydrogens (primary N) is 1. The molecule has 2 aromatic rings. The van der Waals surface area contributed by atoms with Crippen LogP contribution in [0.3, 0.4) is 0 Å². The molecule has 0 atom stereocenters. The zero-order chi connectivity index (χ0) is 14.2. The van der Waals surface area contributed by atoms with Crippen molar-refractivity contribution < 1.29 is 4.39 Å². The van der Waals surface area contributed by atoms with Crippen LogP contribution in [0.1, 0.15) is 40.0 Å². The summed E-state index contributed by atoms with van der Waals surface area (Å²) in [6.45, 7) is 6.39. The Morgan fingerprint density at radius 1 is 1.26 bits per heavy atom. The molecule has 0 aliphatic carbocycles. The van der Waals surface area contributed by atoms with Gasteiger partial charge in [0.1, 0.15) is 5.82 Å². The second kappa shape index (κ2) is 5.00. The number of hydrogen-bond donors (Lipinski definition) is 1. The molecule has 0 bridgehead atoms. The van der Waals surface area contributed by atoms with Gasteiger partial charge in [-0.2, -0.15) is 0 Å². The third-order valence-electron chi connectivity index (χ3n) is 4.17. The van der Waals surface area contributed by atoms with Gasteiger partial charge in [0.2, 0.25) is 5.95 Å². The second-order valence-corrected chi connectivity index (χ2v) is 5.25. The minimum Gasteiger partial charge on any atom is -0.369 e. The van der Waals surface area contributed by atoms with Crippen LogP contribution < -0.4 is 5.73 Å². The lowest BCUT2D eigenvalue weighted by Crippen LogP contribution is -2.32. The number of aromatic nitrogens is 2. The Bertz CT molecular complexity index is 594. The number of nitrogens with zero attached hydrogens (tertiary/aromatic N) is 2. The number of imidazole rings is 1. The van der Waals surface area contributed by atoms with Crippen molar-refractivity contribution in [3.63, 3.8) is 0 Å². The summed E-state index contributed by atoms with van der Waals surface area (Å²) in [5, 5.41) is 0.103. The Hall–Kier alpha value is -1.29. The van der Waals surface area contributed by atoms with E-state index in [1.54, 1.807) is 6.07 Å². The van der Waals surface area contributed by atoms with Crippen molar-refractivity contribution in [3.8, 4) is 0 Å². The fourth-order valence-corrected chi connectivity index (χ4v) is 2.97. The summed E-state index contributed by atoms with van der Waals surface area (Å²) >= 11 is 5.89. The van der Waals surface area contributed by atoms with Gasteiger partial charge in [0.15, 0.2) is 0 Å². The van der Waals surface area contributed by atoms with E-state index in [2.05, 4.69) is 25.8 Å². The van der Waals surface area contributed by atoms with E-state index in [4.69, 9.17) is 17.3 Å². The number of hydrogen-bond acceptors (Lipinski definition) is 2. The van der Waals surface area contributed by atoms with E-state index < -0.39 is 5.82 Å². The maximum Gasteiger partial charge on any atom is 0.201 e. The summed E-state index contributed by atoms with van der Waals surface area (Å²) in [6.07, 6.45) is 2.81. The largest absolute Gasteiger partial charge is 0.369 e. The highest BCUT2D eigenvalue weighted by atomic mass is 35.5. The fraction of sp³-hybridized carbons (Fsp3) is 0.500. The average molecular weight is 284 g/mol.